The minimum absolute atomic E-state index is 0.0913. The van der Waals surface area contributed by atoms with Gasteiger partial charge in [-0.05, 0) is 61.1 Å². The standard InChI is InChI=1S/C22H22FN3OS/c1-11-25-10-21(28-11)14-3-2-13(18(23)6-14)4-12(9-24)5-20(27)22-17-8-19(26-22)16-7-15(16)17/h2-3,6,10,12,15-17,19,22,26H,4-5,7-8H2,1H3/t12-,15-,16+,17-,19+,22+/m1/s1. The molecule has 1 N–H and O–H groups in total. The first kappa shape index (κ1) is 18.0. The van der Waals surface area contributed by atoms with Crippen LogP contribution in [0, 0.1) is 47.7 Å². The Bertz CT molecular complexity index is 980. The van der Waals surface area contributed by atoms with E-state index in [1.165, 1.54) is 23.8 Å². The minimum atomic E-state index is -0.491. The largest absolute Gasteiger partial charge is 0.304 e. The first-order valence-electron chi connectivity index (χ1n) is 9.93. The minimum Gasteiger partial charge on any atom is -0.304 e. The van der Waals surface area contributed by atoms with Crippen LogP contribution in [-0.2, 0) is 11.2 Å². The van der Waals surface area contributed by atoms with Gasteiger partial charge in [-0.25, -0.2) is 9.37 Å². The van der Waals surface area contributed by atoms with Crippen molar-refractivity contribution in [2.45, 2.75) is 44.7 Å². The van der Waals surface area contributed by atoms with E-state index in [-0.39, 0.29) is 30.5 Å². The van der Waals surface area contributed by atoms with Gasteiger partial charge in [0.1, 0.15) is 5.82 Å². The van der Waals surface area contributed by atoms with E-state index in [0.29, 0.717) is 17.5 Å². The Morgan fingerprint density at radius 2 is 2.25 bits per heavy atom. The summed E-state index contributed by atoms with van der Waals surface area (Å²) in [6, 6.07) is 7.74. The molecule has 0 spiro atoms. The third-order valence-electron chi connectivity index (χ3n) is 6.71. The molecule has 2 saturated carbocycles. The van der Waals surface area contributed by atoms with E-state index in [1.54, 1.807) is 12.3 Å². The fourth-order valence-corrected chi connectivity index (χ4v) is 6.03. The van der Waals surface area contributed by atoms with Crippen LogP contribution in [0.5, 0.6) is 0 Å². The number of carbonyl (C=O) groups is 1. The molecule has 6 heteroatoms. The summed E-state index contributed by atoms with van der Waals surface area (Å²) in [7, 11) is 0. The molecule has 1 aliphatic heterocycles. The second-order valence-electron chi connectivity index (χ2n) is 8.46. The van der Waals surface area contributed by atoms with Gasteiger partial charge in [0, 0.05) is 18.7 Å². The van der Waals surface area contributed by atoms with Crippen molar-refractivity contribution < 1.29 is 9.18 Å². The molecule has 1 saturated heterocycles. The molecule has 2 bridgehead atoms. The second kappa shape index (κ2) is 6.75. The molecule has 28 heavy (non-hydrogen) atoms. The van der Waals surface area contributed by atoms with Crippen LogP contribution in [0.15, 0.2) is 24.4 Å². The lowest BCUT2D eigenvalue weighted by molar-refractivity contribution is -0.122. The van der Waals surface area contributed by atoms with Crippen molar-refractivity contribution in [2.75, 3.05) is 0 Å². The Labute approximate surface area is 167 Å². The van der Waals surface area contributed by atoms with Crippen molar-refractivity contribution in [3.63, 3.8) is 0 Å². The van der Waals surface area contributed by atoms with Crippen molar-refractivity contribution in [1.29, 1.82) is 5.26 Å². The number of piperidine rings is 1. The number of nitrogens with zero attached hydrogens (tertiary/aromatic N) is 2. The Balaban J connectivity index is 1.25. The van der Waals surface area contributed by atoms with Crippen molar-refractivity contribution in [2.24, 2.45) is 23.7 Å². The van der Waals surface area contributed by atoms with Gasteiger partial charge in [0.05, 0.1) is 27.9 Å². The highest BCUT2D eigenvalue weighted by molar-refractivity contribution is 7.15. The van der Waals surface area contributed by atoms with E-state index < -0.39 is 5.92 Å². The van der Waals surface area contributed by atoms with Crippen molar-refractivity contribution in [1.82, 2.24) is 10.3 Å². The molecule has 5 rings (SSSR count). The highest BCUT2D eigenvalue weighted by Crippen LogP contribution is 2.60. The molecule has 3 fully saturated rings. The third kappa shape index (κ3) is 3.07. The number of halogens is 1. The van der Waals surface area contributed by atoms with E-state index in [4.69, 9.17) is 0 Å². The Hall–Kier alpha value is -2.10. The van der Waals surface area contributed by atoms with Crippen LogP contribution in [-0.4, -0.2) is 22.9 Å². The summed E-state index contributed by atoms with van der Waals surface area (Å²) < 4.78 is 14.6. The predicted octanol–water partition coefficient (Wildman–Crippen LogP) is 3.90. The van der Waals surface area contributed by atoms with Crippen molar-refractivity contribution in [3.05, 3.63) is 40.8 Å². The number of rotatable bonds is 6. The Morgan fingerprint density at radius 3 is 2.89 bits per heavy atom. The summed E-state index contributed by atoms with van der Waals surface area (Å²) in [6.45, 7) is 1.92. The maximum absolute atomic E-state index is 14.6. The SMILES string of the molecule is Cc1ncc(-c2ccc(C[C@@H](C#N)CC(=O)[C@H]3N[C@H]4C[C@@H]3[C@@H]3C[C@@H]34)c(F)c2)s1. The van der Waals surface area contributed by atoms with Crippen LogP contribution in [0.3, 0.4) is 0 Å². The molecule has 6 atom stereocenters. The number of Topliss-reactive ketones (excluding diaryl/α,β-unsaturated/α-hetero) is 1. The van der Waals surface area contributed by atoms with Gasteiger partial charge in [0.15, 0.2) is 5.78 Å². The highest BCUT2D eigenvalue weighted by atomic mass is 32.1. The Morgan fingerprint density at radius 1 is 1.39 bits per heavy atom. The van der Waals surface area contributed by atoms with Gasteiger partial charge in [-0.2, -0.15) is 5.26 Å². The molecule has 1 aromatic carbocycles. The molecule has 3 aliphatic rings. The van der Waals surface area contributed by atoms with Crippen LogP contribution in [0.2, 0.25) is 0 Å². The van der Waals surface area contributed by atoms with E-state index in [0.717, 1.165) is 33.7 Å². The number of fused-ring (bicyclic) bond motifs is 5. The number of benzene rings is 1. The zero-order valence-electron chi connectivity index (χ0n) is 15.7. The van der Waals surface area contributed by atoms with Gasteiger partial charge in [-0.1, -0.05) is 12.1 Å². The fourth-order valence-electron chi connectivity index (χ4n) is 5.25. The topological polar surface area (TPSA) is 65.8 Å². The maximum atomic E-state index is 14.6. The van der Waals surface area contributed by atoms with Crippen LogP contribution in [0.4, 0.5) is 4.39 Å². The molecule has 1 aromatic heterocycles. The molecule has 2 aromatic rings. The average Bonchev–Trinajstić information content (AvgIpc) is 3.03. The highest BCUT2D eigenvalue weighted by Gasteiger charge is 2.62. The summed E-state index contributed by atoms with van der Waals surface area (Å²) in [5.74, 6) is 1.28. The molecule has 0 radical (unpaired) electrons. The number of hydrogen-bond acceptors (Lipinski definition) is 5. The lowest BCUT2D eigenvalue weighted by atomic mass is 9.87. The van der Waals surface area contributed by atoms with E-state index in [1.807, 2.05) is 13.0 Å². The van der Waals surface area contributed by atoms with Crippen LogP contribution in [0.25, 0.3) is 10.4 Å². The molecule has 144 valence electrons. The fraction of sp³-hybridized carbons (Fsp3) is 0.500. The first-order valence-corrected chi connectivity index (χ1v) is 10.7. The monoisotopic (exact) mass is 395 g/mol. The number of hydrogen-bond donors (Lipinski definition) is 1. The maximum Gasteiger partial charge on any atom is 0.151 e. The summed E-state index contributed by atoms with van der Waals surface area (Å²) in [5, 5.41) is 14.0. The van der Waals surface area contributed by atoms with Gasteiger partial charge in [0.2, 0.25) is 0 Å². The normalized spacial score (nSPS) is 30.7. The number of aryl methyl sites for hydroxylation is 1. The van der Waals surface area contributed by atoms with Gasteiger partial charge in [0.25, 0.3) is 0 Å². The molecular formula is C22H22FN3OS. The molecule has 2 aliphatic carbocycles. The third-order valence-corrected chi connectivity index (χ3v) is 7.67. The van der Waals surface area contributed by atoms with Gasteiger partial charge < -0.3 is 5.32 Å². The van der Waals surface area contributed by atoms with E-state index in [9.17, 15) is 14.4 Å². The average molecular weight is 396 g/mol. The first-order chi connectivity index (χ1) is 13.5. The lowest BCUT2D eigenvalue weighted by Gasteiger charge is -2.22. The molecule has 4 nitrogen and oxygen atoms in total. The lowest BCUT2D eigenvalue weighted by Crippen LogP contribution is -2.43. The van der Waals surface area contributed by atoms with Crippen molar-refractivity contribution in [3.8, 4) is 16.5 Å². The van der Waals surface area contributed by atoms with Crippen molar-refractivity contribution >= 4 is 17.1 Å². The summed E-state index contributed by atoms with van der Waals surface area (Å²) in [5.41, 5.74) is 1.29. The molecule has 0 amide bonds. The number of nitrogens with one attached hydrogen (secondary N) is 1. The zero-order chi connectivity index (χ0) is 19.4. The van der Waals surface area contributed by atoms with Gasteiger partial charge in [-0.3, -0.25) is 4.79 Å². The quantitative estimate of drug-likeness (QED) is 0.806. The molecule has 2 heterocycles. The number of nitriles is 1. The van der Waals surface area contributed by atoms with Gasteiger partial charge >= 0.3 is 0 Å². The molecular weight excluding hydrogens is 373 g/mol. The summed E-state index contributed by atoms with van der Waals surface area (Å²) in [6.07, 6.45) is 4.58. The smallest absolute Gasteiger partial charge is 0.151 e. The number of aromatic nitrogens is 1. The number of ketones is 1. The van der Waals surface area contributed by atoms with Crippen LogP contribution in [0.1, 0.15) is 29.8 Å². The number of carbonyl (C=O) groups excluding carboxylic acids is 1. The second-order valence-corrected chi connectivity index (χ2v) is 9.70. The van der Waals surface area contributed by atoms with Gasteiger partial charge in [-0.15, -0.1) is 11.3 Å². The zero-order valence-corrected chi connectivity index (χ0v) is 16.5. The summed E-state index contributed by atoms with van der Waals surface area (Å²) in [4.78, 5) is 17.9. The Kier molecular flexibility index (Phi) is 4.33. The van der Waals surface area contributed by atoms with E-state index in [2.05, 4.69) is 16.4 Å². The summed E-state index contributed by atoms with van der Waals surface area (Å²) >= 11 is 1.52. The molecule has 0 unspecified atom stereocenters. The van der Waals surface area contributed by atoms with E-state index >= 15 is 0 Å². The number of thiazole rings is 1. The predicted molar refractivity (Wildman–Crippen MR) is 105 cm³/mol. The van der Waals surface area contributed by atoms with Crippen LogP contribution < -0.4 is 5.32 Å². The van der Waals surface area contributed by atoms with Crippen LogP contribution >= 0.6 is 11.3 Å².